The Morgan fingerprint density at radius 3 is 2.36 bits per heavy atom. The lowest BCUT2D eigenvalue weighted by atomic mass is 9.87. The summed E-state index contributed by atoms with van der Waals surface area (Å²) in [6.07, 6.45) is 6.72. The third kappa shape index (κ3) is 5.17. The molecule has 0 aliphatic heterocycles. The molecule has 2 N–H and O–H groups in total. The van der Waals surface area contributed by atoms with Crippen molar-refractivity contribution in [2.45, 2.75) is 52.4 Å². The molecule has 1 aliphatic rings. The van der Waals surface area contributed by atoms with Crippen LogP contribution in [0.2, 0.25) is 0 Å². The van der Waals surface area contributed by atoms with Crippen molar-refractivity contribution in [3.05, 3.63) is 24.3 Å². The van der Waals surface area contributed by atoms with Crippen LogP contribution in [0.5, 0.6) is 0 Å². The van der Waals surface area contributed by atoms with Gasteiger partial charge in [-0.15, -0.1) is 0 Å². The van der Waals surface area contributed by atoms with Crippen molar-refractivity contribution in [3.63, 3.8) is 0 Å². The summed E-state index contributed by atoms with van der Waals surface area (Å²) >= 11 is 0. The number of rotatable bonds is 5. The molecule has 4 heteroatoms. The van der Waals surface area contributed by atoms with E-state index >= 15 is 0 Å². The quantitative estimate of drug-likeness (QED) is 0.856. The van der Waals surface area contributed by atoms with Gasteiger partial charge in [-0.3, -0.25) is 9.59 Å². The maximum atomic E-state index is 12.1. The van der Waals surface area contributed by atoms with Crippen LogP contribution >= 0.6 is 0 Å². The van der Waals surface area contributed by atoms with Gasteiger partial charge in [-0.1, -0.05) is 39.2 Å². The molecule has 1 fully saturated rings. The van der Waals surface area contributed by atoms with Gasteiger partial charge in [0.2, 0.25) is 11.8 Å². The number of carbonyl (C=O) groups excluding carboxylic acids is 2. The Morgan fingerprint density at radius 1 is 1.09 bits per heavy atom. The highest BCUT2D eigenvalue weighted by molar-refractivity contribution is 5.94. The van der Waals surface area contributed by atoms with Crippen molar-refractivity contribution in [3.8, 4) is 0 Å². The van der Waals surface area contributed by atoms with Gasteiger partial charge < -0.3 is 10.6 Å². The largest absolute Gasteiger partial charge is 0.326 e. The summed E-state index contributed by atoms with van der Waals surface area (Å²) in [4.78, 5) is 23.8. The van der Waals surface area contributed by atoms with Crippen LogP contribution in [-0.2, 0) is 9.59 Å². The van der Waals surface area contributed by atoms with E-state index in [4.69, 9.17) is 0 Å². The average molecular weight is 302 g/mol. The molecule has 0 spiro atoms. The normalized spacial score (nSPS) is 15.6. The molecule has 0 bridgehead atoms. The van der Waals surface area contributed by atoms with Gasteiger partial charge in [0, 0.05) is 23.7 Å². The van der Waals surface area contributed by atoms with E-state index in [2.05, 4.69) is 10.6 Å². The van der Waals surface area contributed by atoms with Crippen LogP contribution in [0.3, 0.4) is 0 Å². The molecular weight excluding hydrogens is 276 g/mol. The molecule has 0 unspecified atom stereocenters. The van der Waals surface area contributed by atoms with Crippen molar-refractivity contribution in [2.75, 3.05) is 10.6 Å². The SMILES string of the molecule is CC(C)C(=O)Nc1cccc(NC(=O)CC2CCCCC2)c1. The van der Waals surface area contributed by atoms with Crippen LogP contribution in [0.25, 0.3) is 0 Å². The number of anilines is 2. The van der Waals surface area contributed by atoms with Crippen molar-refractivity contribution in [1.82, 2.24) is 0 Å². The van der Waals surface area contributed by atoms with E-state index in [9.17, 15) is 9.59 Å². The van der Waals surface area contributed by atoms with E-state index in [1.165, 1.54) is 19.3 Å². The molecule has 0 aromatic heterocycles. The molecule has 1 saturated carbocycles. The van der Waals surface area contributed by atoms with Gasteiger partial charge >= 0.3 is 0 Å². The zero-order valence-electron chi connectivity index (χ0n) is 13.5. The minimum atomic E-state index is -0.0652. The molecule has 0 atom stereocenters. The third-order valence-electron chi connectivity index (χ3n) is 4.14. The monoisotopic (exact) mass is 302 g/mol. The predicted molar refractivity (Wildman–Crippen MR) is 89.7 cm³/mol. The second-order valence-corrected chi connectivity index (χ2v) is 6.48. The first-order valence-electron chi connectivity index (χ1n) is 8.25. The molecule has 2 amide bonds. The van der Waals surface area contributed by atoms with Crippen LogP contribution in [0.15, 0.2) is 24.3 Å². The average Bonchev–Trinajstić information content (AvgIpc) is 2.48. The topological polar surface area (TPSA) is 58.2 Å². The Balaban J connectivity index is 1.89. The Kier molecular flexibility index (Phi) is 5.99. The van der Waals surface area contributed by atoms with Crippen LogP contribution in [-0.4, -0.2) is 11.8 Å². The summed E-state index contributed by atoms with van der Waals surface area (Å²) in [6.45, 7) is 3.70. The molecule has 120 valence electrons. The number of hydrogen-bond acceptors (Lipinski definition) is 2. The summed E-state index contributed by atoms with van der Waals surface area (Å²) in [5.74, 6) is 0.507. The van der Waals surface area contributed by atoms with E-state index in [0.717, 1.165) is 18.5 Å². The van der Waals surface area contributed by atoms with Gasteiger partial charge in [-0.2, -0.15) is 0 Å². The van der Waals surface area contributed by atoms with Gasteiger partial charge in [0.15, 0.2) is 0 Å². The van der Waals surface area contributed by atoms with Crippen LogP contribution < -0.4 is 10.6 Å². The first-order chi connectivity index (χ1) is 10.5. The first-order valence-corrected chi connectivity index (χ1v) is 8.25. The second kappa shape index (κ2) is 7.97. The third-order valence-corrected chi connectivity index (χ3v) is 4.14. The number of amides is 2. The second-order valence-electron chi connectivity index (χ2n) is 6.48. The van der Waals surface area contributed by atoms with E-state index in [0.29, 0.717) is 18.0 Å². The number of benzene rings is 1. The maximum Gasteiger partial charge on any atom is 0.226 e. The molecule has 4 nitrogen and oxygen atoms in total. The minimum absolute atomic E-state index is 0.0225. The minimum Gasteiger partial charge on any atom is -0.326 e. The van der Waals surface area contributed by atoms with Gasteiger partial charge in [-0.05, 0) is 37.0 Å². The fraction of sp³-hybridized carbons (Fsp3) is 0.556. The Bertz CT molecular complexity index is 520. The van der Waals surface area contributed by atoms with Crippen LogP contribution in [0.1, 0.15) is 52.4 Å². The summed E-state index contributed by atoms with van der Waals surface area (Å²) < 4.78 is 0. The summed E-state index contributed by atoms with van der Waals surface area (Å²) in [7, 11) is 0. The highest BCUT2D eigenvalue weighted by Crippen LogP contribution is 2.26. The lowest BCUT2D eigenvalue weighted by Gasteiger charge is -2.20. The molecule has 0 heterocycles. The lowest BCUT2D eigenvalue weighted by molar-refractivity contribution is -0.119. The highest BCUT2D eigenvalue weighted by atomic mass is 16.2. The van der Waals surface area contributed by atoms with Gasteiger partial charge in [0.05, 0.1) is 0 Å². The standard InChI is InChI=1S/C18H26N2O2/c1-13(2)18(22)20-16-10-6-9-15(12-16)19-17(21)11-14-7-4-3-5-8-14/h6,9-10,12-14H,3-5,7-8,11H2,1-2H3,(H,19,21)(H,20,22). The Hall–Kier alpha value is -1.84. The van der Waals surface area contributed by atoms with Gasteiger partial charge in [0.1, 0.15) is 0 Å². The Labute approximate surface area is 132 Å². The summed E-state index contributed by atoms with van der Waals surface area (Å²) in [6, 6.07) is 7.33. The van der Waals surface area contributed by atoms with Gasteiger partial charge in [0.25, 0.3) is 0 Å². The van der Waals surface area contributed by atoms with Crippen molar-refractivity contribution < 1.29 is 9.59 Å². The van der Waals surface area contributed by atoms with E-state index in [1.807, 2.05) is 32.0 Å². The maximum absolute atomic E-state index is 12.1. The zero-order valence-corrected chi connectivity index (χ0v) is 13.5. The molecule has 1 aromatic carbocycles. The molecule has 22 heavy (non-hydrogen) atoms. The zero-order chi connectivity index (χ0) is 15.9. The number of hydrogen-bond donors (Lipinski definition) is 2. The molecular formula is C18H26N2O2. The van der Waals surface area contributed by atoms with E-state index in [-0.39, 0.29) is 17.7 Å². The Morgan fingerprint density at radius 2 is 1.73 bits per heavy atom. The summed E-state index contributed by atoms with van der Waals surface area (Å²) in [5.41, 5.74) is 1.46. The summed E-state index contributed by atoms with van der Waals surface area (Å²) in [5, 5.41) is 5.79. The fourth-order valence-electron chi connectivity index (χ4n) is 2.83. The first kappa shape index (κ1) is 16.5. The molecule has 1 aliphatic carbocycles. The van der Waals surface area contributed by atoms with Crippen LogP contribution in [0.4, 0.5) is 11.4 Å². The smallest absolute Gasteiger partial charge is 0.226 e. The van der Waals surface area contributed by atoms with Crippen molar-refractivity contribution in [1.29, 1.82) is 0 Å². The van der Waals surface area contributed by atoms with E-state index < -0.39 is 0 Å². The molecule has 2 rings (SSSR count). The fourth-order valence-corrected chi connectivity index (χ4v) is 2.83. The number of nitrogens with one attached hydrogen (secondary N) is 2. The molecule has 1 aromatic rings. The lowest BCUT2D eigenvalue weighted by Crippen LogP contribution is -2.19. The van der Waals surface area contributed by atoms with Crippen molar-refractivity contribution in [2.24, 2.45) is 11.8 Å². The van der Waals surface area contributed by atoms with Crippen LogP contribution in [0, 0.1) is 11.8 Å². The van der Waals surface area contributed by atoms with Crippen molar-refractivity contribution >= 4 is 23.2 Å². The van der Waals surface area contributed by atoms with E-state index in [1.54, 1.807) is 6.07 Å². The highest BCUT2D eigenvalue weighted by Gasteiger charge is 2.17. The number of carbonyl (C=O) groups is 2. The molecule has 0 saturated heterocycles. The van der Waals surface area contributed by atoms with Gasteiger partial charge in [-0.25, -0.2) is 0 Å². The predicted octanol–water partition coefficient (Wildman–Crippen LogP) is 4.19. The molecule has 0 radical (unpaired) electrons.